The Morgan fingerprint density at radius 2 is 1.67 bits per heavy atom. The lowest BCUT2D eigenvalue weighted by molar-refractivity contribution is 0.624. The monoisotopic (exact) mass is 361 g/mol. The number of nitrogens with zero attached hydrogens (tertiary/aromatic N) is 3. The highest BCUT2D eigenvalue weighted by molar-refractivity contribution is 7.22. The highest BCUT2D eigenvalue weighted by Gasteiger charge is 2.21. The number of rotatable bonds is 2. The summed E-state index contributed by atoms with van der Waals surface area (Å²) in [5, 5.41) is 1.80. The summed E-state index contributed by atoms with van der Waals surface area (Å²) in [5.41, 5.74) is 3.23. The lowest BCUT2D eigenvalue weighted by Gasteiger charge is -2.36. The maximum Gasteiger partial charge on any atom is 0.186 e. The molecule has 3 nitrogen and oxygen atoms in total. The molecule has 0 bridgehead atoms. The van der Waals surface area contributed by atoms with E-state index in [2.05, 4.69) is 16.7 Å². The van der Waals surface area contributed by atoms with Gasteiger partial charge in [0.25, 0.3) is 0 Å². The Balaban J connectivity index is 1.52. The Morgan fingerprint density at radius 1 is 1.00 bits per heavy atom. The number of aromatic nitrogens is 1. The summed E-state index contributed by atoms with van der Waals surface area (Å²) in [6.45, 7) is 5.65. The molecule has 1 aliphatic heterocycles. The Morgan fingerprint density at radius 3 is 2.33 bits per heavy atom. The Hall–Kier alpha value is -1.85. The van der Waals surface area contributed by atoms with E-state index in [1.165, 1.54) is 12.1 Å². The minimum Gasteiger partial charge on any atom is -0.368 e. The SMILES string of the molecule is Cc1ccc(Cl)c2sc(N3CCN(c4ccc(F)cc4)CC3)nc12. The molecule has 124 valence electrons. The van der Waals surface area contributed by atoms with Crippen LogP contribution >= 0.6 is 22.9 Å². The molecule has 1 aromatic heterocycles. The zero-order chi connectivity index (χ0) is 16.7. The van der Waals surface area contributed by atoms with E-state index in [1.807, 2.05) is 24.3 Å². The average Bonchev–Trinajstić information content (AvgIpc) is 3.06. The summed E-state index contributed by atoms with van der Waals surface area (Å²) < 4.78 is 14.1. The molecule has 0 spiro atoms. The average molecular weight is 362 g/mol. The van der Waals surface area contributed by atoms with Crippen LogP contribution in [0.15, 0.2) is 36.4 Å². The fraction of sp³-hybridized carbons (Fsp3) is 0.278. The number of piperazine rings is 1. The molecule has 24 heavy (non-hydrogen) atoms. The fourth-order valence-electron chi connectivity index (χ4n) is 3.03. The van der Waals surface area contributed by atoms with Crippen LogP contribution in [-0.4, -0.2) is 31.2 Å². The summed E-state index contributed by atoms with van der Waals surface area (Å²) in [5.74, 6) is -0.195. The van der Waals surface area contributed by atoms with Crippen molar-refractivity contribution in [3.05, 3.63) is 52.8 Å². The molecule has 6 heteroatoms. The van der Waals surface area contributed by atoms with E-state index in [0.717, 1.165) is 57.8 Å². The zero-order valence-corrected chi connectivity index (χ0v) is 14.9. The second-order valence-electron chi connectivity index (χ2n) is 5.99. The van der Waals surface area contributed by atoms with Crippen LogP contribution in [0.25, 0.3) is 10.2 Å². The molecule has 1 fully saturated rings. The van der Waals surface area contributed by atoms with Crippen molar-refractivity contribution >= 4 is 44.0 Å². The number of benzene rings is 2. The van der Waals surface area contributed by atoms with E-state index in [0.29, 0.717) is 0 Å². The van der Waals surface area contributed by atoms with Gasteiger partial charge in [-0.05, 0) is 42.8 Å². The van der Waals surface area contributed by atoms with Gasteiger partial charge in [-0.2, -0.15) is 0 Å². The van der Waals surface area contributed by atoms with Gasteiger partial charge < -0.3 is 9.80 Å². The predicted molar refractivity (Wildman–Crippen MR) is 100 cm³/mol. The molecular formula is C18H17ClFN3S. The van der Waals surface area contributed by atoms with Crippen LogP contribution in [0, 0.1) is 12.7 Å². The summed E-state index contributed by atoms with van der Waals surface area (Å²) in [6.07, 6.45) is 0. The number of hydrogen-bond donors (Lipinski definition) is 0. The van der Waals surface area contributed by atoms with E-state index in [9.17, 15) is 4.39 Å². The second-order valence-corrected chi connectivity index (χ2v) is 7.37. The number of hydrogen-bond acceptors (Lipinski definition) is 4. The van der Waals surface area contributed by atoms with Gasteiger partial charge in [-0.25, -0.2) is 9.37 Å². The van der Waals surface area contributed by atoms with Crippen LogP contribution in [0.4, 0.5) is 15.2 Å². The highest BCUT2D eigenvalue weighted by Crippen LogP contribution is 2.36. The first-order valence-electron chi connectivity index (χ1n) is 7.93. The fourth-order valence-corrected chi connectivity index (χ4v) is 4.40. The zero-order valence-electron chi connectivity index (χ0n) is 13.3. The Labute approximate surface area is 149 Å². The minimum absolute atomic E-state index is 0.195. The Bertz CT molecular complexity index is 831. The van der Waals surface area contributed by atoms with Gasteiger partial charge in [0.1, 0.15) is 5.82 Å². The molecule has 0 atom stereocenters. The third-order valence-corrected chi connectivity index (χ3v) is 6.00. The molecule has 1 aliphatic rings. The first-order chi connectivity index (χ1) is 11.6. The molecule has 0 aliphatic carbocycles. The van der Waals surface area contributed by atoms with Crippen molar-refractivity contribution < 1.29 is 4.39 Å². The number of aryl methyl sites for hydroxylation is 1. The van der Waals surface area contributed by atoms with Gasteiger partial charge in [0, 0.05) is 31.9 Å². The van der Waals surface area contributed by atoms with Crippen LogP contribution in [0.1, 0.15) is 5.56 Å². The van der Waals surface area contributed by atoms with Crippen LogP contribution < -0.4 is 9.80 Å². The quantitative estimate of drug-likeness (QED) is 0.658. The third kappa shape index (κ3) is 2.82. The summed E-state index contributed by atoms with van der Waals surface area (Å²) in [4.78, 5) is 9.38. The number of thiazole rings is 1. The van der Waals surface area contributed by atoms with E-state index >= 15 is 0 Å². The molecule has 0 amide bonds. The maximum atomic E-state index is 13.1. The van der Waals surface area contributed by atoms with Crippen molar-refractivity contribution in [3.8, 4) is 0 Å². The van der Waals surface area contributed by atoms with E-state index in [-0.39, 0.29) is 5.82 Å². The molecule has 2 aromatic carbocycles. The molecule has 0 saturated carbocycles. The van der Waals surface area contributed by atoms with Crippen molar-refractivity contribution in [3.63, 3.8) is 0 Å². The first kappa shape index (κ1) is 15.7. The lowest BCUT2D eigenvalue weighted by atomic mass is 10.2. The van der Waals surface area contributed by atoms with E-state index in [1.54, 1.807) is 11.3 Å². The lowest BCUT2D eigenvalue weighted by Crippen LogP contribution is -2.46. The van der Waals surface area contributed by atoms with Gasteiger partial charge in [-0.1, -0.05) is 29.0 Å². The van der Waals surface area contributed by atoms with Crippen molar-refractivity contribution in [1.82, 2.24) is 4.98 Å². The maximum absolute atomic E-state index is 13.1. The van der Waals surface area contributed by atoms with Gasteiger partial charge in [-0.15, -0.1) is 0 Å². The smallest absolute Gasteiger partial charge is 0.186 e. The number of halogens is 2. The Kier molecular flexibility index (Phi) is 4.06. The molecule has 2 heterocycles. The number of fused-ring (bicyclic) bond motifs is 1. The molecule has 1 saturated heterocycles. The molecule has 4 rings (SSSR count). The third-order valence-electron chi connectivity index (χ3n) is 4.43. The van der Waals surface area contributed by atoms with Gasteiger partial charge in [0.05, 0.1) is 15.2 Å². The van der Waals surface area contributed by atoms with Gasteiger partial charge in [-0.3, -0.25) is 0 Å². The molecule has 0 N–H and O–H groups in total. The van der Waals surface area contributed by atoms with Crippen molar-refractivity contribution in [2.45, 2.75) is 6.92 Å². The van der Waals surface area contributed by atoms with Crippen molar-refractivity contribution in [2.24, 2.45) is 0 Å². The predicted octanol–water partition coefficient (Wildman–Crippen LogP) is 4.72. The van der Waals surface area contributed by atoms with E-state index in [4.69, 9.17) is 16.6 Å². The molecule has 0 unspecified atom stereocenters. The molecule has 3 aromatic rings. The van der Waals surface area contributed by atoms with Crippen LogP contribution in [0.5, 0.6) is 0 Å². The highest BCUT2D eigenvalue weighted by atomic mass is 35.5. The van der Waals surface area contributed by atoms with Gasteiger partial charge in [0.15, 0.2) is 5.13 Å². The normalized spacial score (nSPS) is 15.3. The molecule has 0 radical (unpaired) electrons. The van der Waals surface area contributed by atoms with Crippen LogP contribution in [0.2, 0.25) is 5.02 Å². The summed E-state index contributed by atoms with van der Waals surface area (Å²) in [7, 11) is 0. The van der Waals surface area contributed by atoms with Gasteiger partial charge >= 0.3 is 0 Å². The summed E-state index contributed by atoms with van der Waals surface area (Å²) in [6, 6.07) is 10.7. The molecular weight excluding hydrogens is 345 g/mol. The number of anilines is 2. The van der Waals surface area contributed by atoms with Crippen LogP contribution in [-0.2, 0) is 0 Å². The largest absolute Gasteiger partial charge is 0.368 e. The standard InChI is InChI=1S/C18H17ClFN3S/c1-12-2-7-15(19)17-16(12)21-18(24-17)23-10-8-22(9-11-23)14-5-3-13(20)4-6-14/h2-7H,8-11H2,1H3. The van der Waals surface area contributed by atoms with Crippen molar-refractivity contribution in [2.75, 3.05) is 36.0 Å². The second kappa shape index (κ2) is 6.22. The topological polar surface area (TPSA) is 19.4 Å². The first-order valence-corrected chi connectivity index (χ1v) is 9.12. The minimum atomic E-state index is -0.195. The van der Waals surface area contributed by atoms with Gasteiger partial charge in [0.2, 0.25) is 0 Å². The summed E-state index contributed by atoms with van der Waals surface area (Å²) >= 11 is 7.97. The van der Waals surface area contributed by atoms with Crippen molar-refractivity contribution in [1.29, 1.82) is 0 Å². The van der Waals surface area contributed by atoms with E-state index < -0.39 is 0 Å². The van der Waals surface area contributed by atoms with Crippen LogP contribution in [0.3, 0.4) is 0 Å².